The van der Waals surface area contributed by atoms with E-state index >= 15 is 0 Å². The van der Waals surface area contributed by atoms with Gasteiger partial charge in [0, 0.05) is 5.41 Å². The number of amides is 1. The Hall–Kier alpha value is -2.81. The van der Waals surface area contributed by atoms with Crippen LogP contribution in [0.25, 0.3) is 0 Å². The third kappa shape index (κ3) is 6.07. The smallest absolute Gasteiger partial charge is 0.325 e. The highest BCUT2D eigenvalue weighted by molar-refractivity contribution is 5.86. The lowest BCUT2D eigenvalue weighted by atomic mass is 9.32. The van der Waals surface area contributed by atoms with Crippen LogP contribution < -0.4 is 10.6 Å². The summed E-state index contributed by atoms with van der Waals surface area (Å²) in [4.78, 5) is 49.6. The summed E-state index contributed by atoms with van der Waals surface area (Å²) in [5.41, 5.74) is 4.25. The van der Waals surface area contributed by atoms with Gasteiger partial charge in [-0.1, -0.05) is 46.8 Å². The van der Waals surface area contributed by atoms with Gasteiger partial charge < -0.3 is 20.1 Å². The van der Waals surface area contributed by atoms with E-state index in [1.54, 1.807) is 0 Å². The first kappa shape index (κ1) is 39.4. The van der Waals surface area contributed by atoms with E-state index in [-0.39, 0.29) is 70.7 Å². The summed E-state index contributed by atoms with van der Waals surface area (Å²) in [5, 5.41) is 6.02. The monoisotopic (exact) mass is 745 g/mol. The zero-order chi connectivity index (χ0) is 39.0. The van der Waals surface area contributed by atoms with Crippen LogP contribution >= 0.6 is 0 Å². The van der Waals surface area contributed by atoms with Crippen molar-refractivity contribution in [3.63, 3.8) is 0 Å². The number of allylic oxidation sites excluding steroid dienone is 1. The van der Waals surface area contributed by atoms with Crippen molar-refractivity contribution in [1.29, 1.82) is 0 Å². The lowest BCUT2D eigenvalue weighted by Crippen LogP contribution is -2.67. The van der Waals surface area contributed by atoms with Crippen molar-refractivity contribution in [3.05, 3.63) is 34.9 Å². The third-order valence-electron chi connectivity index (χ3n) is 17.4. The molecule has 5 aliphatic carbocycles. The van der Waals surface area contributed by atoms with Gasteiger partial charge in [0.25, 0.3) is 0 Å². The van der Waals surface area contributed by atoms with E-state index < -0.39 is 5.41 Å². The largest absolute Gasteiger partial charge is 0.460 e. The first-order valence-corrected chi connectivity index (χ1v) is 21.2. The summed E-state index contributed by atoms with van der Waals surface area (Å²) in [6, 6.07) is -0.207. The number of hydrogen-bond donors (Lipinski definition) is 2. The highest BCUT2D eigenvalue weighted by Crippen LogP contribution is 2.77. The van der Waals surface area contributed by atoms with Crippen molar-refractivity contribution in [2.45, 2.75) is 158 Å². The van der Waals surface area contributed by atoms with Gasteiger partial charge >= 0.3 is 11.9 Å². The molecule has 9 heteroatoms. The Morgan fingerprint density at radius 1 is 0.833 bits per heavy atom. The summed E-state index contributed by atoms with van der Waals surface area (Å²) < 4.78 is 12.5. The van der Waals surface area contributed by atoms with E-state index in [2.05, 4.69) is 63.7 Å². The van der Waals surface area contributed by atoms with Gasteiger partial charge in [0.05, 0.1) is 34.2 Å². The second-order valence-electron chi connectivity index (χ2n) is 20.0. The summed E-state index contributed by atoms with van der Waals surface area (Å²) in [7, 11) is 0. The Bertz CT molecular complexity index is 1690. The maximum Gasteiger partial charge on any atom is 0.325 e. The summed E-state index contributed by atoms with van der Waals surface area (Å²) in [6.45, 7) is 25.9. The molecule has 6 fully saturated rings. The zero-order valence-electron chi connectivity index (χ0n) is 34.8. The second kappa shape index (κ2) is 14.0. The van der Waals surface area contributed by atoms with Crippen molar-refractivity contribution in [2.75, 3.05) is 13.1 Å². The van der Waals surface area contributed by atoms with E-state index in [1.807, 2.05) is 20.8 Å². The van der Waals surface area contributed by atoms with Crippen LogP contribution in [0.5, 0.6) is 0 Å². The van der Waals surface area contributed by atoms with Gasteiger partial charge in [-0.2, -0.15) is 0 Å². The third-order valence-corrected chi connectivity index (χ3v) is 17.4. The van der Waals surface area contributed by atoms with Gasteiger partial charge in [0.1, 0.15) is 19.3 Å². The second-order valence-corrected chi connectivity index (χ2v) is 20.0. The molecule has 0 bridgehead atoms. The number of aryl methyl sites for hydroxylation is 3. The van der Waals surface area contributed by atoms with Crippen LogP contribution in [-0.4, -0.2) is 53.0 Å². The molecule has 298 valence electrons. The minimum atomic E-state index is -0.490. The Labute approximate surface area is 324 Å². The molecular weight excluding hydrogens is 677 g/mol. The molecule has 0 radical (unpaired) electrons. The average molecular weight is 745 g/mol. The quantitative estimate of drug-likeness (QED) is 0.204. The normalized spacial score (nSPS) is 40.7. The fourth-order valence-corrected chi connectivity index (χ4v) is 14.2. The highest BCUT2D eigenvalue weighted by Gasteiger charge is 2.72. The molecule has 1 aromatic heterocycles. The number of aromatic nitrogens is 2. The van der Waals surface area contributed by atoms with E-state index in [4.69, 9.17) is 14.5 Å². The number of carbonyl (C=O) groups is 3. The molecule has 11 atom stereocenters. The molecule has 1 aromatic rings. The minimum absolute atomic E-state index is 0.0370. The topological polar surface area (TPSA) is 120 Å². The predicted octanol–water partition coefficient (Wildman–Crippen LogP) is 7.88. The molecule has 2 N–H and O–H groups in total. The van der Waals surface area contributed by atoms with Gasteiger partial charge in [-0.15, -0.1) is 0 Å². The van der Waals surface area contributed by atoms with Crippen LogP contribution in [0.3, 0.4) is 0 Å². The summed E-state index contributed by atoms with van der Waals surface area (Å²) in [5.74, 6) is 1.47. The maximum absolute atomic E-state index is 14.5. The molecule has 54 heavy (non-hydrogen) atoms. The predicted molar refractivity (Wildman–Crippen MR) is 209 cm³/mol. The molecule has 1 aliphatic heterocycles. The fourth-order valence-electron chi connectivity index (χ4n) is 14.2. The molecule has 6 aliphatic rings. The van der Waals surface area contributed by atoms with Crippen LogP contribution in [0.1, 0.15) is 141 Å². The van der Waals surface area contributed by atoms with E-state index in [9.17, 15) is 14.4 Å². The van der Waals surface area contributed by atoms with Crippen LogP contribution in [-0.2, 0) is 30.5 Å². The lowest BCUT2D eigenvalue weighted by molar-refractivity contribution is -0.251. The Balaban J connectivity index is 1.09. The van der Waals surface area contributed by atoms with Crippen LogP contribution in [0.4, 0.5) is 0 Å². The van der Waals surface area contributed by atoms with Crippen LogP contribution in [0.2, 0.25) is 0 Å². The van der Waals surface area contributed by atoms with E-state index in [1.165, 1.54) is 5.57 Å². The van der Waals surface area contributed by atoms with Crippen molar-refractivity contribution < 1.29 is 23.9 Å². The van der Waals surface area contributed by atoms with Gasteiger partial charge in [-0.25, -0.2) is 0 Å². The molecule has 0 aromatic carbocycles. The number of nitrogens with one attached hydrogen (secondary N) is 2. The van der Waals surface area contributed by atoms with Crippen LogP contribution in [0.15, 0.2) is 12.2 Å². The molecule has 7 rings (SSSR count). The highest BCUT2D eigenvalue weighted by atomic mass is 16.5. The van der Waals surface area contributed by atoms with Crippen molar-refractivity contribution in [2.24, 2.45) is 56.7 Å². The fraction of sp³-hybridized carbons (Fsp3) is 0.800. The van der Waals surface area contributed by atoms with E-state index in [0.29, 0.717) is 23.7 Å². The number of fused-ring (bicyclic) bond motifs is 7. The first-order chi connectivity index (χ1) is 25.4. The van der Waals surface area contributed by atoms with Gasteiger partial charge in [0.15, 0.2) is 0 Å². The molecule has 9 nitrogen and oxygen atoms in total. The number of carbonyl (C=O) groups excluding carboxylic acids is 3. The molecule has 1 saturated heterocycles. The number of rotatable bonds is 8. The number of nitrogens with zero attached hydrogens (tertiary/aromatic N) is 2. The summed E-state index contributed by atoms with van der Waals surface area (Å²) in [6.07, 6.45) is 11.8. The Morgan fingerprint density at radius 2 is 1.57 bits per heavy atom. The van der Waals surface area contributed by atoms with Crippen molar-refractivity contribution in [1.82, 2.24) is 20.6 Å². The number of hydrogen-bond acceptors (Lipinski definition) is 8. The molecule has 1 amide bonds. The van der Waals surface area contributed by atoms with Crippen molar-refractivity contribution in [3.8, 4) is 0 Å². The van der Waals surface area contributed by atoms with Crippen molar-refractivity contribution >= 4 is 17.8 Å². The van der Waals surface area contributed by atoms with Gasteiger partial charge in [-0.05, 0) is 157 Å². The maximum atomic E-state index is 14.5. The number of esters is 2. The minimum Gasteiger partial charge on any atom is -0.460 e. The molecule has 0 unspecified atom stereocenters. The van der Waals surface area contributed by atoms with Gasteiger partial charge in [0.2, 0.25) is 5.91 Å². The van der Waals surface area contributed by atoms with Gasteiger partial charge in [-0.3, -0.25) is 24.4 Å². The number of ether oxygens (including phenoxy) is 2. The zero-order valence-corrected chi connectivity index (χ0v) is 34.8. The van der Waals surface area contributed by atoms with Crippen LogP contribution in [0, 0.1) is 77.4 Å². The Morgan fingerprint density at radius 3 is 2.28 bits per heavy atom. The summed E-state index contributed by atoms with van der Waals surface area (Å²) >= 11 is 0. The molecule has 5 saturated carbocycles. The van der Waals surface area contributed by atoms with E-state index in [0.717, 1.165) is 106 Å². The first-order valence-electron chi connectivity index (χ1n) is 21.2. The SMILES string of the molecule is C=C(C)[C@@H]1CC[C@]2(C(=O)OCc3nc(C)c(C)nc3C)CC[C@]3(C)[C@H](CC[C@@H]4[C@@]5(C)CC[C@H](OC(=O)CNC(=O)[C@@H]6CCCN6)C(C)(C)[C@@H]5CC[C@]43C)[C@@H]12. The average Bonchev–Trinajstić information content (AvgIpc) is 3.80. The lowest BCUT2D eigenvalue weighted by Gasteiger charge is -2.72. The Kier molecular flexibility index (Phi) is 10.2. The molecule has 0 spiro atoms. The molecule has 2 heterocycles. The molecular formula is C45H68N4O5. The standard InChI is InChI=1S/C45H68N4O5/c1-26(2)30-15-20-45(40(52)53-25-33-29(5)48-27(3)28(4)49-33)22-21-43(9)31(38(30)45)13-14-35-42(8)18-17-36(41(6,7)34(42)16-19-44(35,43)10)54-37(50)24-47-39(51)32-12-11-23-46-32/h30-32,34-36,38,46H,1,11-25H2,2-10H3,(H,47,51)/t30-,31+,32-,34-,35+,36-,38+,42-,43+,44+,45-/m0/s1.